The van der Waals surface area contributed by atoms with Crippen molar-refractivity contribution in [2.45, 2.75) is 20.8 Å². The van der Waals surface area contributed by atoms with Gasteiger partial charge in [-0.25, -0.2) is 9.97 Å². The fourth-order valence-electron chi connectivity index (χ4n) is 1.45. The average Bonchev–Trinajstić information content (AvgIpc) is 2.22. The standard InChI is InChI=1S/C13H14N2/c1-9-5-4-6-12(7-9)13-14-8-10(2)11(3)15-13/h4-8H,1-3H3. The second kappa shape index (κ2) is 3.81. The first-order valence-corrected chi connectivity index (χ1v) is 5.04. The Bertz CT molecular complexity index is 490. The van der Waals surface area contributed by atoms with Crippen molar-refractivity contribution in [2.75, 3.05) is 0 Å². The normalized spacial score (nSPS) is 10.3. The van der Waals surface area contributed by atoms with Crippen molar-refractivity contribution in [1.82, 2.24) is 9.97 Å². The number of aromatic nitrogens is 2. The number of aryl methyl sites for hydroxylation is 3. The molecular formula is C13H14N2. The van der Waals surface area contributed by atoms with Crippen molar-refractivity contribution in [3.05, 3.63) is 47.3 Å². The van der Waals surface area contributed by atoms with Gasteiger partial charge in [0.05, 0.1) is 0 Å². The molecule has 76 valence electrons. The largest absolute Gasteiger partial charge is 0.236 e. The number of benzene rings is 1. The molecule has 0 spiro atoms. The van der Waals surface area contributed by atoms with E-state index < -0.39 is 0 Å². The summed E-state index contributed by atoms with van der Waals surface area (Å²) >= 11 is 0. The fraction of sp³-hybridized carbons (Fsp3) is 0.231. The van der Waals surface area contributed by atoms with E-state index in [4.69, 9.17) is 0 Å². The van der Waals surface area contributed by atoms with Gasteiger partial charge in [0.25, 0.3) is 0 Å². The van der Waals surface area contributed by atoms with Gasteiger partial charge in [-0.05, 0) is 32.4 Å². The molecule has 0 saturated heterocycles. The predicted octanol–water partition coefficient (Wildman–Crippen LogP) is 3.07. The lowest BCUT2D eigenvalue weighted by molar-refractivity contribution is 1.07. The lowest BCUT2D eigenvalue weighted by Gasteiger charge is -2.04. The highest BCUT2D eigenvalue weighted by molar-refractivity contribution is 5.56. The van der Waals surface area contributed by atoms with Crippen molar-refractivity contribution in [3.63, 3.8) is 0 Å². The van der Waals surface area contributed by atoms with Crippen LogP contribution in [0.1, 0.15) is 16.8 Å². The van der Waals surface area contributed by atoms with E-state index in [9.17, 15) is 0 Å². The summed E-state index contributed by atoms with van der Waals surface area (Å²) in [5.41, 5.74) is 4.49. The smallest absolute Gasteiger partial charge is 0.159 e. The molecule has 0 atom stereocenters. The van der Waals surface area contributed by atoms with Crippen molar-refractivity contribution >= 4 is 0 Å². The molecule has 2 heteroatoms. The minimum Gasteiger partial charge on any atom is -0.236 e. The first kappa shape index (κ1) is 9.84. The van der Waals surface area contributed by atoms with Gasteiger partial charge in [0.2, 0.25) is 0 Å². The first-order valence-electron chi connectivity index (χ1n) is 5.04. The fourth-order valence-corrected chi connectivity index (χ4v) is 1.45. The summed E-state index contributed by atoms with van der Waals surface area (Å²) in [4.78, 5) is 8.81. The van der Waals surface area contributed by atoms with Gasteiger partial charge in [0.1, 0.15) is 0 Å². The summed E-state index contributed by atoms with van der Waals surface area (Å²) in [5.74, 6) is 0.807. The zero-order valence-electron chi connectivity index (χ0n) is 9.28. The number of hydrogen-bond donors (Lipinski definition) is 0. The molecular weight excluding hydrogens is 184 g/mol. The number of hydrogen-bond acceptors (Lipinski definition) is 2. The van der Waals surface area contributed by atoms with Gasteiger partial charge in [-0.2, -0.15) is 0 Å². The van der Waals surface area contributed by atoms with Crippen molar-refractivity contribution < 1.29 is 0 Å². The highest BCUT2D eigenvalue weighted by atomic mass is 14.9. The lowest BCUT2D eigenvalue weighted by Crippen LogP contribution is -1.94. The first-order chi connectivity index (χ1) is 7.16. The maximum Gasteiger partial charge on any atom is 0.159 e. The molecule has 0 saturated carbocycles. The summed E-state index contributed by atoms with van der Waals surface area (Å²) in [6.45, 7) is 6.11. The molecule has 2 nitrogen and oxygen atoms in total. The van der Waals surface area contributed by atoms with Crippen molar-refractivity contribution in [2.24, 2.45) is 0 Å². The van der Waals surface area contributed by atoms with Crippen molar-refractivity contribution in [1.29, 1.82) is 0 Å². The zero-order chi connectivity index (χ0) is 10.8. The minimum absolute atomic E-state index is 0.807. The molecule has 0 aliphatic rings. The molecule has 0 bridgehead atoms. The van der Waals surface area contributed by atoms with Crippen LogP contribution < -0.4 is 0 Å². The van der Waals surface area contributed by atoms with Crippen LogP contribution in [0.5, 0.6) is 0 Å². The molecule has 0 aliphatic heterocycles. The maximum absolute atomic E-state index is 4.47. The van der Waals surface area contributed by atoms with E-state index in [1.165, 1.54) is 5.56 Å². The maximum atomic E-state index is 4.47. The second-order valence-corrected chi connectivity index (χ2v) is 3.83. The summed E-state index contributed by atoms with van der Waals surface area (Å²) < 4.78 is 0. The van der Waals surface area contributed by atoms with Gasteiger partial charge in [-0.3, -0.25) is 0 Å². The molecule has 0 radical (unpaired) electrons. The Morgan fingerprint density at radius 3 is 2.53 bits per heavy atom. The Balaban J connectivity index is 2.50. The van der Waals surface area contributed by atoms with Gasteiger partial charge in [0.15, 0.2) is 5.82 Å². The highest BCUT2D eigenvalue weighted by Crippen LogP contribution is 2.16. The van der Waals surface area contributed by atoms with Crippen LogP contribution >= 0.6 is 0 Å². The average molecular weight is 198 g/mol. The third-order valence-electron chi connectivity index (χ3n) is 2.50. The van der Waals surface area contributed by atoms with E-state index in [2.05, 4.69) is 29.0 Å². The Morgan fingerprint density at radius 2 is 1.87 bits per heavy atom. The summed E-state index contributed by atoms with van der Waals surface area (Å²) in [5, 5.41) is 0. The van der Waals surface area contributed by atoms with E-state index in [1.807, 2.05) is 32.2 Å². The molecule has 0 fully saturated rings. The quantitative estimate of drug-likeness (QED) is 0.703. The molecule has 15 heavy (non-hydrogen) atoms. The number of rotatable bonds is 1. The molecule has 0 aliphatic carbocycles. The summed E-state index contributed by atoms with van der Waals surface area (Å²) in [6, 6.07) is 8.25. The van der Waals surface area contributed by atoms with E-state index in [0.717, 1.165) is 22.6 Å². The second-order valence-electron chi connectivity index (χ2n) is 3.83. The Morgan fingerprint density at radius 1 is 1.07 bits per heavy atom. The molecule has 0 amide bonds. The van der Waals surface area contributed by atoms with Crippen LogP contribution in [0, 0.1) is 20.8 Å². The van der Waals surface area contributed by atoms with E-state index in [0.29, 0.717) is 0 Å². The zero-order valence-corrected chi connectivity index (χ0v) is 9.28. The van der Waals surface area contributed by atoms with Gasteiger partial charge in [0, 0.05) is 17.5 Å². The third-order valence-corrected chi connectivity index (χ3v) is 2.50. The molecule has 2 aromatic rings. The third kappa shape index (κ3) is 2.04. The van der Waals surface area contributed by atoms with Crippen LogP contribution in [0.15, 0.2) is 30.5 Å². The van der Waals surface area contributed by atoms with E-state index in [-0.39, 0.29) is 0 Å². The van der Waals surface area contributed by atoms with Crippen LogP contribution in [-0.4, -0.2) is 9.97 Å². The van der Waals surface area contributed by atoms with Gasteiger partial charge in [-0.1, -0.05) is 23.8 Å². The van der Waals surface area contributed by atoms with Gasteiger partial charge >= 0.3 is 0 Å². The van der Waals surface area contributed by atoms with Crippen LogP contribution in [0.3, 0.4) is 0 Å². The molecule has 1 aromatic heterocycles. The van der Waals surface area contributed by atoms with Crippen molar-refractivity contribution in [3.8, 4) is 11.4 Å². The summed E-state index contributed by atoms with van der Waals surface area (Å²) in [7, 11) is 0. The minimum atomic E-state index is 0.807. The van der Waals surface area contributed by atoms with Crippen LogP contribution in [0.25, 0.3) is 11.4 Å². The predicted molar refractivity (Wildman–Crippen MR) is 61.7 cm³/mol. The SMILES string of the molecule is Cc1cccc(-c2ncc(C)c(C)n2)c1. The Labute approximate surface area is 90.0 Å². The monoisotopic (exact) mass is 198 g/mol. The molecule has 2 rings (SSSR count). The molecule has 1 heterocycles. The molecule has 0 N–H and O–H groups in total. The topological polar surface area (TPSA) is 25.8 Å². The molecule has 0 unspecified atom stereocenters. The highest BCUT2D eigenvalue weighted by Gasteiger charge is 2.02. The van der Waals surface area contributed by atoms with E-state index >= 15 is 0 Å². The van der Waals surface area contributed by atoms with E-state index in [1.54, 1.807) is 0 Å². The Hall–Kier alpha value is -1.70. The summed E-state index contributed by atoms with van der Waals surface area (Å²) in [6.07, 6.45) is 1.88. The number of nitrogens with zero attached hydrogens (tertiary/aromatic N) is 2. The van der Waals surface area contributed by atoms with Gasteiger partial charge in [-0.15, -0.1) is 0 Å². The molecule has 1 aromatic carbocycles. The van der Waals surface area contributed by atoms with Crippen LogP contribution in [0.4, 0.5) is 0 Å². The Kier molecular flexibility index (Phi) is 2.50. The van der Waals surface area contributed by atoms with Crippen LogP contribution in [0.2, 0.25) is 0 Å². The lowest BCUT2D eigenvalue weighted by atomic mass is 10.1. The van der Waals surface area contributed by atoms with Gasteiger partial charge < -0.3 is 0 Å². The van der Waals surface area contributed by atoms with Crippen LogP contribution in [-0.2, 0) is 0 Å².